The lowest BCUT2D eigenvalue weighted by Gasteiger charge is -2.23. The topological polar surface area (TPSA) is 49.4 Å². The molecule has 6 heteroatoms. The van der Waals surface area contributed by atoms with Crippen molar-refractivity contribution in [1.82, 2.24) is 10.2 Å². The second-order valence-corrected chi connectivity index (χ2v) is 6.41. The molecular weight excluding hydrogens is 327 g/mol. The molecule has 2 amide bonds. The molecule has 0 aromatic heterocycles. The smallest absolute Gasteiger partial charge is 0.258 e. The molecule has 0 aliphatic rings. The maximum absolute atomic E-state index is 13.7. The minimum atomic E-state index is -0.618. The molecule has 0 bridgehead atoms. The summed E-state index contributed by atoms with van der Waals surface area (Å²) in [6, 6.07) is 4.29. The quantitative estimate of drug-likeness (QED) is 0.916. The van der Waals surface area contributed by atoms with Crippen molar-refractivity contribution in [3.63, 3.8) is 0 Å². The molecule has 0 heterocycles. The van der Waals surface area contributed by atoms with Crippen molar-refractivity contribution in [2.45, 2.75) is 26.3 Å². The van der Waals surface area contributed by atoms with Gasteiger partial charge in [0.2, 0.25) is 5.91 Å². The van der Waals surface area contributed by atoms with Gasteiger partial charge in [-0.3, -0.25) is 9.59 Å². The van der Waals surface area contributed by atoms with Gasteiger partial charge in [-0.15, -0.1) is 0 Å². The van der Waals surface area contributed by atoms with Crippen LogP contribution in [0.2, 0.25) is 0 Å². The number of halogens is 2. The number of carbonyl (C=O) groups is 2. The Balaban J connectivity index is 2.80. The Morgan fingerprint density at radius 3 is 2.45 bits per heavy atom. The first-order valence-corrected chi connectivity index (χ1v) is 6.91. The predicted molar refractivity (Wildman–Crippen MR) is 79.0 cm³/mol. The maximum atomic E-state index is 13.7. The molecule has 0 radical (unpaired) electrons. The van der Waals surface area contributed by atoms with Gasteiger partial charge in [-0.2, -0.15) is 0 Å². The van der Waals surface area contributed by atoms with Crippen molar-refractivity contribution in [1.29, 1.82) is 0 Å². The first-order chi connectivity index (χ1) is 9.11. The maximum Gasteiger partial charge on any atom is 0.258 e. The molecular formula is C14H18BrFN2O2. The van der Waals surface area contributed by atoms with Crippen molar-refractivity contribution in [2.24, 2.45) is 0 Å². The van der Waals surface area contributed by atoms with Crippen LogP contribution in [-0.2, 0) is 4.79 Å². The highest BCUT2D eigenvalue weighted by Crippen LogP contribution is 2.20. The van der Waals surface area contributed by atoms with Crippen molar-refractivity contribution in [3.05, 3.63) is 34.1 Å². The molecule has 0 fully saturated rings. The number of hydrogen-bond acceptors (Lipinski definition) is 2. The first-order valence-electron chi connectivity index (χ1n) is 6.12. The van der Waals surface area contributed by atoms with E-state index < -0.39 is 11.7 Å². The second kappa shape index (κ2) is 6.35. The average Bonchev–Trinajstić information content (AvgIpc) is 2.25. The summed E-state index contributed by atoms with van der Waals surface area (Å²) >= 11 is 3.14. The van der Waals surface area contributed by atoms with Crippen LogP contribution in [0.4, 0.5) is 4.39 Å². The van der Waals surface area contributed by atoms with Gasteiger partial charge in [0.15, 0.2) is 0 Å². The Morgan fingerprint density at radius 1 is 1.35 bits per heavy atom. The fourth-order valence-corrected chi connectivity index (χ4v) is 2.15. The van der Waals surface area contributed by atoms with Crippen molar-refractivity contribution in [2.75, 3.05) is 13.6 Å². The molecule has 0 saturated heterocycles. The number of likely N-dealkylation sites (N-methyl/N-ethyl adjacent to an activating group) is 1. The number of amides is 2. The Morgan fingerprint density at radius 2 is 1.95 bits per heavy atom. The fourth-order valence-electron chi connectivity index (χ4n) is 1.64. The molecule has 20 heavy (non-hydrogen) atoms. The molecule has 0 saturated carbocycles. The summed E-state index contributed by atoms with van der Waals surface area (Å²) in [5, 5.41) is 2.75. The molecule has 4 nitrogen and oxygen atoms in total. The fraction of sp³-hybridized carbons (Fsp3) is 0.429. The highest BCUT2D eigenvalue weighted by atomic mass is 79.9. The van der Waals surface area contributed by atoms with Gasteiger partial charge in [0.25, 0.3) is 5.91 Å². The van der Waals surface area contributed by atoms with Crippen LogP contribution in [0.3, 0.4) is 0 Å². The van der Waals surface area contributed by atoms with Gasteiger partial charge in [0.1, 0.15) is 5.82 Å². The number of carbonyl (C=O) groups excluding carboxylic acids is 2. The van der Waals surface area contributed by atoms with Crippen LogP contribution < -0.4 is 5.32 Å². The average molecular weight is 345 g/mol. The number of rotatable bonds is 3. The van der Waals surface area contributed by atoms with Crippen molar-refractivity contribution < 1.29 is 14.0 Å². The van der Waals surface area contributed by atoms with Crippen molar-refractivity contribution >= 4 is 27.7 Å². The van der Waals surface area contributed by atoms with E-state index in [-0.39, 0.29) is 23.6 Å². The Bertz CT molecular complexity index is 506. The third-order valence-corrected chi connectivity index (χ3v) is 3.08. The van der Waals surface area contributed by atoms with Crippen LogP contribution in [-0.4, -0.2) is 35.8 Å². The molecule has 0 aliphatic heterocycles. The Labute approximate surface area is 126 Å². The lowest BCUT2D eigenvalue weighted by molar-refractivity contribution is -0.122. The van der Waals surface area contributed by atoms with Crippen LogP contribution in [0, 0.1) is 5.82 Å². The minimum absolute atomic E-state index is 0.0708. The third kappa shape index (κ3) is 4.59. The largest absolute Gasteiger partial charge is 0.350 e. The van der Waals surface area contributed by atoms with Gasteiger partial charge in [-0.05, 0) is 48.8 Å². The Kier molecular flexibility index (Phi) is 5.28. The number of nitrogens with zero attached hydrogens (tertiary/aromatic N) is 1. The van der Waals surface area contributed by atoms with E-state index in [4.69, 9.17) is 0 Å². The standard InChI is InChI=1S/C14H18BrFN2O2/c1-14(2,3)17-11(19)8-18(4)13(20)12-9(15)6-5-7-10(12)16/h5-7H,8H2,1-4H3,(H,17,19). The van der Waals surface area contributed by atoms with E-state index in [1.54, 1.807) is 6.07 Å². The zero-order valence-corrected chi connectivity index (χ0v) is 13.5. The summed E-state index contributed by atoms with van der Waals surface area (Å²) < 4.78 is 14.1. The SMILES string of the molecule is CN(CC(=O)NC(C)(C)C)C(=O)c1c(F)cccc1Br. The summed E-state index contributed by atoms with van der Waals surface area (Å²) in [4.78, 5) is 25.1. The summed E-state index contributed by atoms with van der Waals surface area (Å²) in [6.07, 6.45) is 0. The number of nitrogens with one attached hydrogen (secondary N) is 1. The molecule has 1 rings (SSSR count). The number of hydrogen-bond donors (Lipinski definition) is 1. The summed E-state index contributed by atoms with van der Waals surface area (Å²) in [5.74, 6) is -1.45. The molecule has 1 N–H and O–H groups in total. The number of benzene rings is 1. The van der Waals surface area contributed by atoms with Crippen LogP contribution in [0.15, 0.2) is 22.7 Å². The normalized spacial score (nSPS) is 11.1. The van der Waals surface area contributed by atoms with Gasteiger partial charge >= 0.3 is 0 Å². The molecule has 110 valence electrons. The van der Waals surface area contributed by atoms with E-state index in [9.17, 15) is 14.0 Å². The van der Waals surface area contributed by atoms with E-state index in [0.29, 0.717) is 4.47 Å². The lowest BCUT2D eigenvalue weighted by Crippen LogP contribution is -2.46. The van der Waals surface area contributed by atoms with Gasteiger partial charge in [-0.25, -0.2) is 4.39 Å². The van der Waals surface area contributed by atoms with Crippen LogP contribution in [0.5, 0.6) is 0 Å². The highest BCUT2D eigenvalue weighted by molar-refractivity contribution is 9.10. The molecule has 1 aromatic rings. The molecule has 1 aromatic carbocycles. The lowest BCUT2D eigenvalue weighted by atomic mass is 10.1. The van der Waals surface area contributed by atoms with Gasteiger partial charge < -0.3 is 10.2 Å². The third-order valence-electron chi connectivity index (χ3n) is 2.42. The Hall–Kier alpha value is -1.43. The zero-order chi connectivity index (χ0) is 15.5. The molecule has 0 spiro atoms. The first kappa shape index (κ1) is 16.6. The van der Waals surface area contributed by atoms with E-state index in [1.165, 1.54) is 24.1 Å². The summed E-state index contributed by atoms with van der Waals surface area (Å²) in [7, 11) is 1.46. The van der Waals surface area contributed by atoms with E-state index >= 15 is 0 Å². The van der Waals surface area contributed by atoms with Gasteiger partial charge in [0, 0.05) is 17.1 Å². The highest BCUT2D eigenvalue weighted by Gasteiger charge is 2.22. The van der Waals surface area contributed by atoms with Gasteiger partial charge in [-0.1, -0.05) is 6.07 Å². The van der Waals surface area contributed by atoms with Gasteiger partial charge in [0.05, 0.1) is 12.1 Å². The zero-order valence-electron chi connectivity index (χ0n) is 12.0. The van der Waals surface area contributed by atoms with Crippen LogP contribution in [0.25, 0.3) is 0 Å². The summed E-state index contributed by atoms with van der Waals surface area (Å²) in [5.41, 5.74) is -0.446. The minimum Gasteiger partial charge on any atom is -0.350 e. The molecule has 0 unspecified atom stereocenters. The second-order valence-electron chi connectivity index (χ2n) is 5.56. The van der Waals surface area contributed by atoms with Crippen LogP contribution in [0.1, 0.15) is 31.1 Å². The van der Waals surface area contributed by atoms with E-state index in [2.05, 4.69) is 21.2 Å². The molecule has 0 atom stereocenters. The van der Waals surface area contributed by atoms with Crippen molar-refractivity contribution in [3.8, 4) is 0 Å². The monoisotopic (exact) mass is 344 g/mol. The van der Waals surface area contributed by atoms with E-state index in [0.717, 1.165) is 0 Å². The summed E-state index contributed by atoms with van der Waals surface area (Å²) in [6.45, 7) is 5.41. The molecule has 0 aliphatic carbocycles. The predicted octanol–water partition coefficient (Wildman–Crippen LogP) is 2.57. The van der Waals surface area contributed by atoms with Crippen LogP contribution >= 0.6 is 15.9 Å². The van der Waals surface area contributed by atoms with E-state index in [1.807, 2.05) is 20.8 Å².